The highest BCUT2D eigenvalue weighted by Crippen LogP contribution is 2.23. The van der Waals surface area contributed by atoms with E-state index in [9.17, 15) is 0 Å². The van der Waals surface area contributed by atoms with Crippen molar-refractivity contribution in [3.05, 3.63) is 63.9 Å². The molecule has 2 aromatic carbocycles. The first-order valence-electron chi connectivity index (χ1n) is 7.55. The lowest BCUT2D eigenvalue weighted by Crippen LogP contribution is -2.07. The van der Waals surface area contributed by atoms with E-state index in [1.54, 1.807) is 7.11 Å². The Morgan fingerprint density at radius 2 is 1.78 bits per heavy atom. The molecule has 3 rings (SSSR count). The Labute approximate surface area is 145 Å². The van der Waals surface area contributed by atoms with Crippen molar-refractivity contribution in [2.45, 2.75) is 19.4 Å². The summed E-state index contributed by atoms with van der Waals surface area (Å²) in [5.41, 5.74) is 3.22. The predicted octanol–water partition coefficient (Wildman–Crippen LogP) is 4.97. The number of methoxy groups -OCH3 is 1. The Balaban J connectivity index is 1.96. The summed E-state index contributed by atoms with van der Waals surface area (Å²) in [5.74, 6) is 1.03. The van der Waals surface area contributed by atoms with Gasteiger partial charge in [0.15, 0.2) is 0 Å². The molecule has 1 heterocycles. The highest BCUT2D eigenvalue weighted by molar-refractivity contribution is 6.31. The molecule has 0 saturated heterocycles. The Morgan fingerprint density at radius 1 is 1.04 bits per heavy atom. The molecule has 0 aliphatic carbocycles. The summed E-state index contributed by atoms with van der Waals surface area (Å²) in [5, 5.41) is 1.47. The average molecular weight is 349 g/mol. The smallest absolute Gasteiger partial charge is 0.114 e. The van der Waals surface area contributed by atoms with Crippen molar-refractivity contribution >= 4 is 34.2 Å². The molecule has 3 aromatic rings. The second kappa shape index (κ2) is 7.35. The van der Waals surface area contributed by atoms with E-state index in [0.29, 0.717) is 0 Å². The molecule has 0 aliphatic heterocycles. The molecule has 3 nitrogen and oxygen atoms in total. The monoisotopic (exact) mass is 348 g/mol. The number of rotatable bonds is 6. The summed E-state index contributed by atoms with van der Waals surface area (Å²) in [6.07, 6.45) is 1.69. The minimum absolute atomic E-state index is 0.723. The molecule has 0 bridgehead atoms. The summed E-state index contributed by atoms with van der Waals surface area (Å²) in [6, 6.07) is 13.7. The van der Waals surface area contributed by atoms with E-state index >= 15 is 0 Å². The minimum atomic E-state index is 0.723. The molecule has 120 valence electrons. The van der Waals surface area contributed by atoms with Crippen LogP contribution in [0.25, 0.3) is 11.0 Å². The highest BCUT2D eigenvalue weighted by Gasteiger charge is 2.11. The number of hydrogen-bond acceptors (Lipinski definition) is 2. The Kier molecular flexibility index (Phi) is 5.21. The van der Waals surface area contributed by atoms with E-state index < -0.39 is 0 Å². The summed E-state index contributed by atoms with van der Waals surface area (Å²) >= 11 is 12.1. The lowest BCUT2D eigenvalue weighted by molar-refractivity contribution is 0.190. The molecular weight excluding hydrogens is 331 g/mol. The molecule has 0 saturated carbocycles. The van der Waals surface area contributed by atoms with E-state index in [-0.39, 0.29) is 0 Å². The van der Waals surface area contributed by atoms with E-state index in [2.05, 4.69) is 4.57 Å². The lowest BCUT2D eigenvalue weighted by atomic mass is 10.1. The summed E-state index contributed by atoms with van der Waals surface area (Å²) in [4.78, 5) is 4.78. The SMILES string of the molecule is COCCCn1c(Cc2ccc(Cl)cc2)nc2ccc(Cl)cc21. The lowest BCUT2D eigenvalue weighted by Gasteiger charge is -2.09. The predicted molar refractivity (Wildman–Crippen MR) is 95.5 cm³/mol. The molecule has 0 radical (unpaired) electrons. The van der Waals surface area contributed by atoms with Gasteiger partial charge in [0.1, 0.15) is 5.82 Å². The van der Waals surface area contributed by atoms with Gasteiger partial charge in [0.2, 0.25) is 0 Å². The third-order valence-corrected chi connectivity index (χ3v) is 4.28. The summed E-state index contributed by atoms with van der Waals surface area (Å²) in [6.45, 7) is 1.58. The molecule has 23 heavy (non-hydrogen) atoms. The van der Waals surface area contributed by atoms with Gasteiger partial charge in [-0.15, -0.1) is 0 Å². The van der Waals surface area contributed by atoms with Crippen molar-refractivity contribution in [1.82, 2.24) is 9.55 Å². The van der Waals surface area contributed by atoms with Gasteiger partial charge >= 0.3 is 0 Å². The molecule has 0 unspecified atom stereocenters. The van der Waals surface area contributed by atoms with Crippen molar-refractivity contribution in [2.24, 2.45) is 0 Å². The number of halogens is 2. The maximum atomic E-state index is 6.16. The summed E-state index contributed by atoms with van der Waals surface area (Å²) < 4.78 is 7.40. The Bertz CT molecular complexity index is 797. The van der Waals surface area contributed by atoms with Crippen LogP contribution in [-0.4, -0.2) is 23.3 Å². The van der Waals surface area contributed by atoms with Gasteiger partial charge in [-0.05, 0) is 42.3 Å². The fourth-order valence-electron chi connectivity index (χ4n) is 2.68. The number of hydrogen-bond donors (Lipinski definition) is 0. The number of aromatic nitrogens is 2. The molecule has 0 fully saturated rings. The molecule has 1 aromatic heterocycles. The summed E-state index contributed by atoms with van der Waals surface area (Å²) in [7, 11) is 1.72. The third-order valence-electron chi connectivity index (χ3n) is 3.80. The molecule has 0 N–H and O–H groups in total. The minimum Gasteiger partial charge on any atom is -0.385 e. The van der Waals surface area contributed by atoms with Crippen LogP contribution in [0.5, 0.6) is 0 Å². The molecule has 0 spiro atoms. The average Bonchev–Trinajstić information content (AvgIpc) is 2.87. The van der Waals surface area contributed by atoms with Gasteiger partial charge < -0.3 is 9.30 Å². The third kappa shape index (κ3) is 3.86. The molecule has 0 aliphatic rings. The van der Waals surface area contributed by atoms with Crippen LogP contribution >= 0.6 is 23.2 Å². The molecule has 5 heteroatoms. The van der Waals surface area contributed by atoms with Crippen molar-refractivity contribution in [3.63, 3.8) is 0 Å². The molecule has 0 amide bonds. The van der Waals surface area contributed by atoms with Crippen molar-refractivity contribution in [1.29, 1.82) is 0 Å². The maximum absolute atomic E-state index is 6.16. The van der Waals surface area contributed by atoms with Crippen molar-refractivity contribution in [3.8, 4) is 0 Å². The number of fused-ring (bicyclic) bond motifs is 1. The quantitative estimate of drug-likeness (QED) is 0.588. The standard InChI is InChI=1S/C18H18Cl2N2O/c1-23-10-2-9-22-17-12-15(20)7-8-16(17)21-18(22)11-13-3-5-14(19)6-4-13/h3-8,12H,2,9-11H2,1H3. The van der Waals surface area contributed by atoms with Crippen LogP contribution in [0.4, 0.5) is 0 Å². The number of ether oxygens (including phenoxy) is 1. The number of aryl methyl sites for hydroxylation is 1. The van der Waals surface area contributed by atoms with Crippen molar-refractivity contribution in [2.75, 3.05) is 13.7 Å². The van der Waals surface area contributed by atoms with E-state index in [1.807, 2.05) is 42.5 Å². The fourth-order valence-corrected chi connectivity index (χ4v) is 2.97. The first-order valence-corrected chi connectivity index (χ1v) is 8.31. The van der Waals surface area contributed by atoms with E-state index in [0.717, 1.165) is 52.9 Å². The second-order valence-electron chi connectivity index (χ2n) is 5.46. The van der Waals surface area contributed by atoms with Crippen LogP contribution < -0.4 is 0 Å². The Hall–Kier alpha value is -1.55. The van der Waals surface area contributed by atoms with Gasteiger partial charge in [0, 0.05) is 36.7 Å². The normalized spacial score (nSPS) is 11.3. The van der Waals surface area contributed by atoms with E-state index in [4.69, 9.17) is 32.9 Å². The fraction of sp³-hybridized carbons (Fsp3) is 0.278. The maximum Gasteiger partial charge on any atom is 0.114 e. The van der Waals surface area contributed by atoms with Crippen LogP contribution in [0.15, 0.2) is 42.5 Å². The highest BCUT2D eigenvalue weighted by atomic mass is 35.5. The van der Waals surface area contributed by atoms with Gasteiger partial charge in [0.05, 0.1) is 11.0 Å². The van der Waals surface area contributed by atoms with Crippen LogP contribution in [0, 0.1) is 0 Å². The largest absolute Gasteiger partial charge is 0.385 e. The van der Waals surface area contributed by atoms with Crippen LogP contribution in [0.3, 0.4) is 0 Å². The van der Waals surface area contributed by atoms with Crippen molar-refractivity contribution < 1.29 is 4.74 Å². The van der Waals surface area contributed by atoms with E-state index in [1.165, 1.54) is 5.56 Å². The second-order valence-corrected chi connectivity index (χ2v) is 6.34. The van der Waals surface area contributed by atoms with Crippen LogP contribution in [0.2, 0.25) is 10.0 Å². The van der Waals surface area contributed by atoms with Crippen LogP contribution in [0.1, 0.15) is 17.8 Å². The first-order chi connectivity index (χ1) is 11.2. The number of nitrogens with zero attached hydrogens (tertiary/aromatic N) is 2. The van der Waals surface area contributed by atoms with Crippen LogP contribution in [-0.2, 0) is 17.7 Å². The van der Waals surface area contributed by atoms with Gasteiger partial charge in [0.25, 0.3) is 0 Å². The van der Waals surface area contributed by atoms with Gasteiger partial charge in [-0.3, -0.25) is 0 Å². The van der Waals surface area contributed by atoms with Gasteiger partial charge in [-0.25, -0.2) is 4.98 Å². The zero-order chi connectivity index (χ0) is 16.2. The number of benzene rings is 2. The number of imidazole rings is 1. The van der Waals surface area contributed by atoms with Gasteiger partial charge in [-0.2, -0.15) is 0 Å². The Morgan fingerprint density at radius 3 is 2.52 bits per heavy atom. The molecule has 0 atom stereocenters. The molecular formula is C18H18Cl2N2O. The first kappa shape index (κ1) is 16.3. The zero-order valence-corrected chi connectivity index (χ0v) is 14.4. The topological polar surface area (TPSA) is 27.1 Å². The van der Waals surface area contributed by atoms with Gasteiger partial charge in [-0.1, -0.05) is 35.3 Å². The zero-order valence-electron chi connectivity index (χ0n) is 12.9.